The van der Waals surface area contributed by atoms with Gasteiger partial charge >= 0.3 is 12.0 Å². The van der Waals surface area contributed by atoms with Gasteiger partial charge in [0.1, 0.15) is 0 Å². The molecule has 0 bridgehead atoms. The largest absolute Gasteiger partial charge is 0.465 e. The van der Waals surface area contributed by atoms with E-state index in [9.17, 15) is 9.59 Å². The summed E-state index contributed by atoms with van der Waals surface area (Å²) in [4.78, 5) is 26.8. The number of nitrogens with one attached hydrogen (secondary N) is 2. The number of hydrogen-bond acceptors (Lipinski definition) is 5. The molecule has 1 heterocycles. The molecule has 0 spiro atoms. The van der Waals surface area contributed by atoms with Gasteiger partial charge in [0, 0.05) is 12.7 Å². The van der Waals surface area contributed by atoms with Crippen molar-refractivity contribution < 1.29 is 14.3 Å². The van der Waals surface area contributed by atoms with Gasteiger partial charge in [-0.1, -0.05) is 6.92 Å². The predicted molar refractivity (Wildman–Crippen MR) is 80.2 cm³/mol. The Morgan fingerprint density at radius 3 is 2.90 bits per heavy atom. The number of esters is 1. The number of rotatable bonds is 7. The third kappa shape index (κ3) is 5.92. The minimum Gasteiger partial charge on any atom is -0.465 e. The van der Waals surface area contributed by atoms with E-state index in [0.29, 0.717) is 17.8 Å². The summed E-state index contributed by atoms with van der Waals surface area (Å²) in [6.45, 7) is 2.72. The molecule has 1 rings (SSSR count). The molecule has 7 heteroatoms. The Hall–Kier alpha value is -1.76. The van der Waals surface area contributed by atoms with Crippen molar-refractivity contribution in [1.29, 1.82) is 0 Å². The molecule has 0 aromatic carbocycles. The molecular weight excluding hydrogens is 278 g/mol. The van der Waals surface area contributed by atoms with E-state index in [2.05, 4.69) is 27.3 Å². The molecular formula is C13H19N3O3S. The average molecular weight is 297 g/mol. The van der Waals surface area contributed by atoms with Crippen LogP contribution in [0.2, 0.25) is 0 Å². The van der Waals surface area contributed by atoms with Crippen LogP contribution in [-0.2, 0) is 4.74 Å². The molecule has 0 saturated heterocycles. The van der Waals surface area contributed by atoms with Crippen LogP contribution in [-0.4, -0.2) is 42.1 Å². The van der Waals surface area contributed by atoms with E-state index < -0.39 is 5.97 Å². The first kappa shape index (κ1) is 16.3. The smallest absolute Gasteiger partial charge is 0.339 e. The van der Waals surface area contributed by atoms with Crippen molar-refractivity contribution in [2.45, 2.75) is 13.3 Å². The summed E-state index contributed by atoms with van der Waals surface area (Å²) in [5, 5.41) is 5.37. The number of ether oxygens (including phenoxy) is 1. The Bertz CT molecular complexity index is 454. The van der Waals surface area contributed by atoms with Crippen molar-refractivity contribution in [3.63, 3.8) is 0 Å². The highest BCUT2D eigenvalue weighted by molar-refractivity contribution is 7.99. The summed E-state index contributed by atoms with van der Waals surface area (Å²) >= 11 is 1.84. The van der Waals surface area contributed by atoms with Gasteiger partial charge < -0.3 is 15.4 Å². The highest BCUT2D eigenvalue weighted by atomic mass is 32.2. The second-order valence-corrected chi connectivity index (χ2v) is 5.28. The Morgan fingerprint density at radius 2 is 2.20 bits per heavy atom. The number of urea groups is 1. The maximum atomic E-state index is 11.6. The summed E-state index contributed by atoms with van der Waals surface area (Å²) in [5.74, 6) is 1.62. The summed E-state index contributed by atoms with van der Waals surface area (Å²) in [6, 6.07) is 1.21. The standard InChI is InChI=1S/C13H19N3O3S/c1-3-20-6-4-5-15-13(18)16-11-7-10(8-14-9-11)12(17)19-2/h7-9H,3-6H2,1-2H3,(H2,15,16,18). The van der Waals surface area contributed by atoms with Crippen LogP contribution in [0.1, 0.15) is 23.7 Å². The Kier molecular flexibility index (Phi) is 7.49. The third-order valence-corrected chi connectivity index (χ3v) is 3.36. The average Bonchev–Trinajstić information content (AvgIpc) is 2.46. The van der Waals surface area contributed by atoms with E-state index in [-0.39, 0.29) is 6.03 Å². The molecule has 20 heavy (non-hydrogen) atoms. The van der Waals surface area contributed by atoms with E-state index in [1.165, 1.54) is 25.6 Å². The quantitative estimate of drug-likeness (QED) is 0.595. The van der Waals surface area contributed by atoms with Crippen LogP contribution < -0.4 is 10.6 Å². The Labute approximate surface area is 122 Å². The summed E-state index contributed by atoms with van der Waals surface area (Å²) in [7, 11) is 1.30. The van der Waals surface area contributed by atoms with Gasteiger partial charge in [0.25, 0.3) is 0 Å². The lowest BCUT2D eigenvalue weighted by Crippen LogP contribution is -2.29. The van der Waals surface area contributed by atoms with Crippen molar-refractivity contribution in [2.75, 3.05) is 30.5 Å². The van der Waals surface area contributed by atoms with Gasteiger partial charge in [-0.05, 0) is 24.0 Å². The monoisotopic (exact) mass is 297 g/mol. The number of thioether (sulfide) groups is 1. The van der Waals surface area contributed by atoms with Crippen LogP contribution >= 0.6 is 11.8 Å². The summed E-state index contributed by atoms with van der Waals surface area (Å²) < 4.78 is 4.59. The number of methoxy groups -OCH3 is 1. The van der Waals surface area contributed by atoms with Gasteiger partial charge in [0.05, 0.1) is 24.6 Å². The molecule has 0 saturated carbocycles. The number of carbonyl (C=O) groups is 2. The minimum absolute atomic E-state index is 0.296. The molecule has 0 aliphatic rings. The number of anilines is 1. The van der Waals surface area contributed by atoms with E-state index in [1.54, 1.807) is 0 Å². The van der Waals surface area contributed by atoms with Crippen LogP contribution in [0.15, 0.2) is 18.5 Å². The fourth-order valence-corrected chi connectivity index (χ4v) is 2.07. The lowest BCUT2D eigenvalue weighted by atomic mass is 10.2. The van der Waals surface area contributed by atoms with Crippen LogP contribution in [0.4, 0.5) is 10.5 Å². The van der Waals surface area contributed by atoms with Crippen LogP contribution in [0, 0.1) is 0 Å². The van der Waals surface area contributed by atoms with Gasteiger partial charge in [-0.2, -0.15) is 11.8 Å². The second kappa shape index (κ2) is 9.19. The Balaban J connectivity index is 2.40. The summed E-state index contributed by atoms with van der Waals surface area (Å²) in [6.07, 6.45) is 3.78. The number of hydrogen-bond donors (Lipinski definition) is 2. The van der Waals surface area contributed by atoms with E-state index >= 15 is 0 Å². The maximum Gasteiger partial charge on any atom is 0.339 e. The van der Waals surface area contributed by atoms with Crippen molar-refractivity contribution in [1.82, 2.24) is 10.3 Å². The second-order valence-electron chi connectivity index (χ2n) is 3.89. The van der Waals surface area contributed by atoms with Crippen LogP contribution in [0.25, 0.3) is 0 Å². The molecule has 2 amide bonds. The highest BCUT2D eigenvalue weighted by Crippen LogP contribution is 2.09. The number of aromatic nitrogens is 1. The van der Waals surface area contributed by atoms with Gasteiger partial charge in [-0.25, -0.2) is 9.59 Å². The lowest BCUT2D eigenvalue weighted by molar-refractivity contribution is 0.0600. The first-order valence-electron chi connectivity index (χ1n) is 6.33. The maximum absolute atomic E-state index is 11.6. The molecule has 1 aromatic heterocycles. The molecule has 2 N–H and O–H groups in total. The zero-order valence-electron chi connectivity index (χ0n) is 11.6. The van der Waals surface area contributed by atoms with Crippen LogP contribution in [0.3, 0.4) is 0 Å². The van der Waals surface area contributed by atoms with Crippen LogP contribution in [0.5, 0.6) is 0 Å². The molecule has 0 radical (unpaired) electrons. The number of carbonyl (C=O) groups excluding carboxylic acids is 2. The minimum atomic E-state index is -0.488. The zero-order chi connectivity index (χ0) is 14.8. The van der Waals surface area contributed by atoms with E-state index in [1.807, 2.05) is 11.8 Å². The molecule has 6 nitrogen and oxygen atoms in total. The van der Waals surface area contributed by atoms with Crippen molar-refractivity contribution in [3.05, 3.63) is 24.0 Å². The Morgan fingerprint density at radius 1 is 1.40 bits per heavy atom. The molecule has 0 fully saturated rings. The number of amides is 2. The SMILES string of the molecule is CCSCCCNC(=O)Nc1cncc(C(=O)OC)c1. The fraction of sp³-hybridized carbons (Fsp3) is 0.462. The van der Waals surface area contributed by atoms with Gasteiger partial charge in [0.15, 0.2) is 0 Å². The molecule has 0 unspecified atom stereocenters. The molecule has 0 aliphatic heterocycles. The zero-order valence-corrected chi connectivity index (χ0v) is 12.5. The van der Waals surface area contributed by atoms with Crippen molar-refractivity contribution >= 4 is 29.4 Å². The van der Waals surface area contributed by atoms with E-state index in [4.69, 9.17) is 0 Å². The van der Waals surface area contributed by atoms with Gasteiger partial charge in [0.2, 0.25) is 0 Å². The summed E-state index contributed by atoms with van der Waals surface area (Å²) in [5.41, 5.74) is 0.748. The molecule has 1 aromatic rings. The molecule has 0 aliphatic carbocycles. The van der Waals surface area contributed by atoms with E-state index in [0.717, 1.165) is 17.9 Å². The molecule has 110 valence electrons. The normalized spacial score (nSPS) is 9.90. The molecule has 0 atom stereocenters. The first-order valence-corrected chi connectivity index (χ1v) is 7.48. The van der Waals surface area contributed by atoms with Gasteiger partial charge in [-0.3, -0.25) is 4.98 Å². The van der Waals surface area contributed by atoms with Crippen molar-refractivity contribution in [2.24, 2.45) is 0 Å². The number of nitrogens with zero attached hydrogens (tertiary/aromatic N) is 1. The van der Waals surface area contributed by atoms with Crippen molar-refractivity contribution in [3.8, 4) is 0 Å². The third-order valence-electron chi connectivity index (χ3n) is 2.37. The van der Waals surface area contributed by atoms with Gasteiger partial charge in [-0.15, -0.1) is 0 Å². The topological polar surface area (TPSA) is 80.3 Å². The highest BCUT2D eigenvalue weighted by Gasteiger charge is 2.08. The predicted octanol–water partition coefficient (Wildman–Crippen LogP) is 2.13. The number of pyridine rings is 1. The fourth-order valence-electron chi connectivity index (χ4n) is 1.43. The first-order chi connectivity index (χ1) is 9.67. The lowest BCUT2D eigenvalue weighted by Gasteiger charge is -2.08.